The molecule has 0 bridgehead atoms. The quantitative estimate of drug-likeness (QED) is 0.0724. The Bertz CT molecular complexity index is 607. The first kappa shape index (κ1) is 44.6. The molecule has 1 amide bonds. The van der Waals surface area contributed by atoms with Crippen LogP contribution in [-0.4, -0.2) is 54.4 Å². The third-order valence-electron chi connectivity index (χ3n) is 5.99. The molecule has 0 fully saturated rings. The second-order valence-corrected chi connectivity index (χ2v) is 11.1. The summed E-state index contributed by atoms with van der Waals surface area (Å²) in [6.45, 7) is 10.8. The van der Waals surface area contributed by atoms with Crippen LogP contribution in [0.25, 0.3) is 0 Å². The molecule has 0 spiro atoms. The molecule has 10 heteroatoms. The van der Waals surface area contributed by atoms with Crippen molar-refractivity contribution >= 4 is 29.9 Å². The van der Waals surface area contributed by atoms with Crippen LogP contribution < -0.4 is 69.5 Å². The van der Waals surface area contributed by atoms with Crippen LogP contribution in [0.15, 0.2) is 11.6 Å². The van der Waals surface area contributed by atoms with E-state index >= 15 is 0 Å². The van der Waals surface area contributed by atoms with Crippen LogP contribution in [0.4, 0.5) is 0 Å². The molecule has 3 unspecified atom stereocenters. The van der Waals surface area contributed by atoms with Crippen molar-refractivity contribution in [3.05, 3.63) is 11.6 Å². The molecule has 0 aliphatic carbocycles. The van der Waals surface area contributed by atoms with E-state index in [-0.39, 0.29) is 83.6 Å². The average molecular weight is 561 g/mol. The van der Waals surface area contributed by atoms with Gasteiger partial charge in [0, 0.05) is 11.5 Å². The Labute approximate surface area is 274 Å². The number of thioether (sulfide) groups is 1. The van der Waals surface area contributed by atoms with E-state index in [1.165, 1.54) is 75.0 Å². The first-order chi connectivity index (χ1) is 16.1. The van der Waals surface area contributed by atoms with Gasteiger partial charge in [-0.1, -0.05) is 84.3 Å². The molecule has 0 aliphatic rings. The number of hydrogen-bond donors (Lipinski definition) is 1. The van der Waals surface area contributed by atoms with Gasteiger partial charge in [0.15, 0.2) is 0 Å². The van der Waals surface area contributed by atoms with Gasteiger partial charge in [-0.25, -0.2) is 6.29 Å². The van der Waals surface area contributed by atoms with Crippen molar-refractivity contribution in [1.29, 1.82) is 0 Å². The van der Waals surface area contributed by atoms with Gasteiger partial charge in [-0.3, -0.25) is 4.79 Å². The van der Waals surface area contributed by atoms with Crippen LogP contribution in [0.1, 0.15) is 92.4 Å². The smallest absolute Gasteiger partial charge is 0.870 e. The maximum absolute atomic E-state index is 11.6. The number of ether oxygens (including phenoxy) is 1. The monoisotopic (exact) mass is 560 g/mol. The maximum atomic E-state index is 11.6. The normalized spacial score (nSPS) is 13.4. The van der Waals surface area contributed by atoms with E-state index < -0.39 is 17.9 Å². The van der Waals surface area contributed by atoms with Crippen LogP contribution in [0.5, 0.6) is 0 Å². The summed E-state index contributed by atoms with van der Waals surface area (Å²) in [6.07, 6.45) is 15.1. The van der Waals surface area contributed by atoms with Crippen molar-refractivity contribution in [2.24, 2.45) is 17.8 Å². The number of rotatable bonds is 22. The molecule has 2 N–H and O–H groups in total. The molecule has 0 heterocycles. The van der Waals surface area contributed by atoms with Crippen molar-refractivity contribution in [3.63, 3.8) is 0 Å². The van der Waals surface area contributed by atoms with Crippen molar-refractivity contribution in [2.75, 3.05) is 24.7 Å². The largest absolute Gasteiger partial charge is 1.00 e. The summed E-state index contributed by atoms with van der Waals surface area (Å²) in [6, 6.07) is -1.09. The van der Waals surface area contributed by atoms with Crippen molar-refractivity contribution in [1.82, 2.24) is 5.32 Å². The zero-order valence-corrected chi connectivity index (χ0v) is 29.3. The van der Waals surface area contributed by atoms with Crippen molar-refractivity contribution in [2.45, 2.75) is 98.4 Å². The summed E-state index contributed by atoms with van der Waals surface area (Å²) in [5.74, 6) is 1.39. The Kier molecular flexibility index (Phi) is 35.7. The number of carboxylic acids is 1. The fraction of sp³-hybridized carbons (Fsp3) is 0.815. The average Bonchev–Trinajstić information content (AvgIpc) is 2.75. The summed E-state index contributed by atoms with van der Waals surface area (Å²) in [4.78, 5) is 32.9. The topological polar surface area (TPSA) is 126 Å². The third-order valence-corrected chi connectivity index (χ3v) is 6.96. The van der Waals surface area contributed by atoms with E-state index in [0.717, 1.165) is 24.2 Å². The molecule has 0 aromatic carbocycles. The van der Waals surface area contributed by atoms with Gasteiger partial charge >= 0.3 is 59.1 Å². The molecule has 37 heavy (non-hydrogen) atoms. The molecular formula is C27H48NNa2O6S-. The number of hydrogen-bond acceptors (Lipinski definition) is 7. The van der Waals surface area contributed by atoms with E-state index in [2.05, 4.69) is 46.0 Å². The minimum atomic E-state index is -1.33. The first-order valence-electron chi connectivity index (χ1n) is 12.8. The van der Waals surface area contributed by atoms with Gasteiger partial charge in [-0.05, 0) is 44.1 Å². The second-order valence-electron chi connectivity index (χ2n) is 10.0. The number of allylic oxidation sites excluding steroid dienone is 1. The van der Waals surface area contributed by atoms with E-state index in [9.17, 15) is 19.5 Å². The summed E-state index contributed by atoms with van der Waals surface area (Å²) in [5.41, 5.74) is 1.31. The molecule has 0 aromatic heterocycles. The molecule has 206 valence electrons. The Morgan fingerprint density at radius 3 is 2.03 bits per heavy atom. The van der Waals surface area contributed by atoms with E-state index in [0.29, 0.717) is 5.75 Å². The summed E-state index contributed by atoms with van der Waals surface area (Å²) < 4.78 is 4.72. The fourth-order valence-corrected chi connectivity index (χ4v) is 4.78. The summed E-state index contributed by atoms with van der Waals surface area (Å²) in [5, 5.41) is 13.6. The number of amides is 1. The predicted octanol–water partition coefficient (Wildman–Crippen LogP) is -1.70. The van der Waals surface area contributed by atoms with Crippen LogP contribution in [0, 0.1) is 17.8 Å². The Hall–Kier alpha value is 0.620. The van der Waals surface area contributed by atoms with Crippen molar-refractivity contribution in [3.8, 4) is 0 Å². The number of carbonyl (C=O) groups is 2. The zero-order chi connectivity index (χ0) is 25.8. The van der Waals surface area contributed by atoms with Crippen LogP contribution in [0.3, 0.4) is 0 Å². The van der Waals surface area contributed by atoms with Crippen LogP contribution in [-0.2, 0) is 19.1 Å². The zero-order valence-electron chi connectivity index (χ0n) is 24.5. The van der Waals surface area contributed by atoms with Gasteiger partial charge in [-0.15, -0.1) is 0 Å². The molecule has 0 rings (SSSR count). The Balaban J connectivity index is -0.00000181. The number of nitrogens with one attached hydrogen (secondary N) is 1. The molecule has 0 saturated heterocycles. The molecular weight excluding hydrogens is 512 g/mol. The summed E-state index contributed by atoms with van der Waals surface area (Å²) >= 11 is 1.43. The second kappa shape index (κ2) is 29.6. The Morgan fingerprint density at radius 1 is 0.973 bits per heavy atom. The molecule has 7 nitrogen and oxygen atoms in total. The van der Waals surface area contributed by atoms with Gasteiger partial charge in [0.2, 0.25) is 5.91 Å². The van der Waals surface area contributed by atoms with Gasteiger partial charge in [0.1, 0.15) is 6.61 Å². The van der Waals surface area contributed by atoms with Crippen LogP contribution in [0.2, 0.25) is 0 Å². The standard InChI is InChI=1S/C27H48NO5S.2Na.H2O/c1-21(2)9-6-10-22(3)11-7-12-23(4)13-8-14-24(5)15-18-34-20-25(27(31)32)28-26(30)19-33-17-16-29;;;/h15,21-23,25H,6-14,17-20H2,1-5H3,(H,28,30)(H,31,32);;;1H2/q-1;2*+1;/p-2/b24-15+;;;. The molecule has 0 aromatic rings. The first-order valence-corrected chi connectivity index (χ1v) is 14.0. The maximum Gasteiger partial charge on any atom is 1.00 e. The number of aliphatic carboxylic acids is 1. The van der Waals surface area contributed by atoms with E-state index in [1.54, 1.807) is 0 Å². The van der Waals surface area contributed by atoms with Crippen molar-refractivity contribution < 1.29 is 88.8 Å². The Morgan fingerprint density at radius 2 is 1.51 bits per heavy atom. The number of carboxylic acid groups (broad SMARTS) is 1. The van der Waals surface area contributed by atoms with E-state index in [1.807, 2.05) is 0 Å². The fourth-order valence-electron chi connectivity index (χ4n) is 3.79. The molecule has 0 saturated carbocycles. The van der Waals surface area contributed by atoms with Gasteiger partial charge in [-0.2, -0.15) is 11.8 Å². The predicted molar refractivity (Wildman–Crippen MR) is 141 cm³/mol. The third kappa shape index (κ3) is 29.4. The van der Waals surface area contributed by atoms with Gasteiger partial charge < -0.3 is 30.2 Å². The minimum absolute atomic E-state index is 0. The minimum Gasteiger partial charge on any atom is -0.870 e. The number of carbonyl (C=O) groups excluding carboxylic acids is 3. The van der Waals surface area contributed by atoms with E-state index in [4.69, 9.17) is 4.74 Å². The molecule has 3 atom stereocenters. The SMILES string of the molecule is C/C(=C\CSCC(NC(=O)COC[C-]=O)C(=O)[O-])CCCC(C)CCCC(C)CCCC(C)C.[Na+].[Na+].[OH-]. The molecule has 0 aliphatic heterocycles. The summed E-state index contributed by atoms with van der Waals surface area (Å²) in [7, 11) is 0. The van der Waals surface area contributed by atoms with Gasteiger partial charge in [0.25, 0.3) is 0 Å². The van der Waals surface area contributed by atoms with Gasteiger partial charge in [0.05, 0.1) is 12.0 Å². The molecule has 0 radical (unpaired) electrons. The van der Waals surface area contributed by atoms with Crippen LogP contribution >= 0.6 is 11.8 Å².